The fourth-order valence-electron chi connectivity index (χ4n) is 2.34. The highest BCUT2D eigenvalue weighted by Gasteiger charge is 2.40. The second kappa shape index (κ2) is 3.32. The van der Waals surface area contributed by atoms with Gasteiger partial charge < -0.3 is 5.32 Å². The molecule has 1 amide bonds. The Morgan fingerprint density at radius 1 is 1.23 bits per heavy atom. The second-order valence-corrected chi connectivity index (χ2v) is 4.84. The number of carbonyl (C=O) groups excluding carboxylic acids is 1. The number of rotatable bonds is 2. The fraction of sp³-hybridized carbons (Fsp3) is 0.909. The number of hydrogen-bond donors (Lipinski definition) is 1. The smallest absolute Gasteiger partial charge is 0.223 e. The van der Waals surface area contributed by atoms with Crippen molar-refractivity contribution >= 4 is 5.91 Å². The lowest BCUT2D eigenvalue weighted by molar-refractivity contribution is -0.123. The van der Waals surface area contributed by atoms with Gasteiger partial charge in [-0.3, -0.25) is 4.79 Å². The van der Waals surface area contributed by atoms with Crippen molar-refractivity contribution in [1.29, 1.82) is 0 Å². The zero-order valence-electron chi connectivity index (χ0n) is 8.55. The highest BCUT2D eigenvalue weighted by molar-refractivity contribution is 5.81. The van der Waals surface area contributed by atoms with E-state index in [9.17, 15) is 4.79 Å². The predicted molar refractivity (Wildman–Crippen MR) is 52.2 cm³/mol. The van der Waals surface area contributed by atoms with Crippen molar-refractivity contribution in [3.05, 3.63) is 0 Å². The Balaban J connectivity index is 1.80. The summed E-state index contributed by atoms with van der Waals surface area (Å²) in [5.74, 6) is 1.98. The molecule has 0 aromatic heterocycles. The second-order valence-electron chi connectivity index (χ2n) is 4.84. The fourth-order valence-corrected chi connectivity index (χ4v) is 2.34. The molecule has 1 N–H and O–H groups in total. The third-order valence-corrected chi connectivity index (χ3v) is 3.64. The minimum absolute atomic E-state index is 0.311. The molecule has 74 valence electrons. The van der Waals surface area contributed by atoms with Crippen molar-refractivity contribution in [1.82, 2.24) is 5.32 Å². The van der Waals surface area contributed by atoms with E-state index in [0.717, 1.165) is 6.42 Å². The zero-order chi connectivity index (χ0) is 9.42. The molecule has 2 saturated carbocycles. The quantitative estimate of drug-likeness (QED) is 0.693. The van der Waals surface area contributed by atoms with Crippen molar-refractivity contribution in [3.8, 4) is 0 Å². The molecule has 0 saturated heterocycles. The van der Waals surface area contributed by atoms with Crippen LogP contribution in [0.25, 0.3) is 0 Å². The first-order chi connectivity index (χ1) is 6.18. The van der Waals surface area contributed by atoms with Crippen molar-refractivity contribution in [2.24, 2.45) is 17.8 Å². The molecule has 2 rings (SSSR count). The van der Waals surface area contributed by atoms with Crippen LogP contribution in [0.1, 0.15) is 39.5 Å². The third-order valence-electron chi connectivity index (χ3n) is 3.64. The molecule has 2 unspecified atom stereocenters. The topological polar surface area (TPSA) is 29.1 Å². The Morgan fingerprint density at radius 2 is 1.92 bits per heavy atom. The first-order valence-corrected chi connectivity index (χ1v) is 5.49. The Morgan fingerprint density at radius 3 is 2.38 bits per heavy atom. The van der Waals surface area contributed by atoms with E-state index in [0.29, 0.717) is 29.7 Å². The normalized spacial score (nSPS) is 43.2. The van der Waals surface area contributed by atoms with E-state index in [4.69, 9.17) is 0 Å². The summed E-state index contributed by atoms with van der Waals surface area (Å²) in [4.78, 5) is 11.6. The van der Waals surface area contributed by atoms with E-state index >= 15 is 0 Å². The molecule has 13 heavy (non-hydrogen) atoms. The highest BCUT2D eigenvalue weighted by Crippen LogP contribution is 2.38. The SMILES string of the molecule is CC1CCCC1NC(=O)[C@@H]1C[C@H]1C. The van der Waals surface area contributed by atoms with Gasteiger partial charge in [-0.15, -0.1) is 0 Å². The molecule has 0 spiro atoms. The molecule has 2 nitrogen and oxygen atoms in total. The first-order valence-electron chi connectivity index (χ1n) is 5.49. The van der Waals surface area contributed by atoms with Gasteiger partial charge in [0, 0.05) is 12.0 Å². The van der Waals surface area contributed by atoms with Crippen molar-refractivity contribution < 1.29 is 4.79 Å². The van der Waals surface area contributed by atoms with E-state index in [1.165, 1.54) is 19.3 Å². The maximum Gasteiger partial charge on any atom is 0.223 e. The summed E-state index contributed by atoms with van der Waals surface area (Å²) in [5, 5.41) is 3.18. The lowest BCUT2D eigenvalue weighted by atomic mass is 10.1. The number of amides is 1. The molecule has 0 heterocycles. The van der Waals surface area contributed by atoms with Crippen LogP contribution in [0.15, 0.2) is 0 Å². The van der Waals surface area contributed by atoms with E-state index in [2.05, 4.69) is 19.2 Å². The maximum atomic E-state index is 11.6. The molecular weight excluding hydrogens is 162 g/mol. The molecule has 2 aliphatic carbocycles. The van der Waals surface area contributed by atoms with Gasteiger partial charge in [-0.2, -0.15) is 0 Å². The van der Waals surface area contributed by atoms with Crippen LogP contribution in [0.3, 0.4) is 0 Å². The van der Waals surface area contributed by atoms with Crippen molar-refractivity contribution in [3.63, 3.8) is 0 Å². The van der Waals surface area contributed by atoms with Gasteiger partial charge >= 0.3 is 0 Å². The number of hydrogen-bond acceptors (Lipinski definition) is 1. The van der Waals surface area contributed by atoms with Crippen LogP contribution in [-0.2, 0) is 4.79 Å². The largest absolute Gasteiger partial charge is 0.353 e. The van der Waals surface area contributed by atoms with E-state index in [1.54, 1.807) is 0 Å². The summed E-state index contributed by atoms with van der Waals surface area (Å²) in [6.45, 7) is 4.40. The summed E-state index contributed by atoms with van der Waals surface area (Å²) in [5.41, 5.74) is 0. The molecule has 0 aliphatic heterocycles. The van der Waals surface area contributed by atoms with Crippen LogP contribution >= 0.6 is 0 Å². The third kappa shape index (κ3) is 1.87. The number of carbonyl (C=O) groups is 1. The Kier molecular flexibility index (Phi) is 2.31. The van der Waals surface area contributed by atoms with Crippen LogP contribution < -0.4 is 5.32 Å². The summed E-state index contributed by atoms with van der Waals surface area (Å²) in [7, 11) is 0. The summed E-state index contributed by atoms with van der Waals surface area (Å²) in [6, 6.07) is 0.472. The Hall–Kier alpha value is -0.530. The molecule has 2 fully saturated rings. The number of nitrogens with one attached hydrogen (secondary N) is 1. The van der Waals surface area contributed by atoms with Crippen LogP contribution in [0.4, 0.5) is 0 Å². The van der Waals surface area contributed by atoms with Crippen LogP contribution in [0, 0.1) is 17.8 Å². The van der Waals surface area contributed by atoms with E-state index in [1.807, 2.05) is 0 Å². The Labute approximate surface area is 80.1 Å². The van der Waals surface area contributed by atoms with Crippen LogP contribution in [0.2, 0.25) is 0 Å². The standard InChI is InChI=1S/C11H19NO/c1-7-4-3-5-10(7)12-11(13)9-6-8(9)2/h7-10H,3-6H2,1-2H3,(H,12,13)/t7?,8-,9-,10?/m1/s1. The zero-order valence-corrected chi connectivity index (χ0v) is 8.55. The monoisotopic (exact) mass is 181 g/mol. The average Bonchev–Trinajstić information content (AvgIpc) is 2.68. The van der Waals surface area contributed by atoms with Gasteiger partial charge in [-0.05, 0) is 31.1 Å². The van der Waals surface area contributed by atoms with E-state index < -0.39 is 0 Å². The summed E-state index contributed by atoms with van der Waals surface area (Å²) in [6.07, 6.45) is 4.86. The van der Waals surface area contributed by atoms with E-state index in [-0.39, 0.29) is 0 Å². The molecule has 4 atom stereocenters. The van der Waals surface area contributed by atoms with Gasteiger partial charge in [0.25, 0.3) is 0 Å². The summed E-state index contributed by atoms with van der Waals surface area (Å²) >= 11 is 0. The van der Waals surface area contributed by atoms with Gasteiger partial charge in [0.1, 0.15) is 0 Å². The molecule has 0 aromatic rings. The maximum absolute atomic E-state index is 11.6. The van der Waals surface area contributed by atoms with Gasteiger partial charge in [-0.1, -0.05) is 20.3 Å². The lowest BCUT2D eigenvalue weighted by Crippen LogP contribution is -2.37. The van der Waals surface area contributed by atoms with Gasteiger partial charge in [-0.25, -0.2) is 0 Å². The van der Waals surface area contributed by atoms with Crippen LogP contribution in [0.5, 0.6) is 0 Å². The first kappa shape index (κ1) is 9.04. The highest BCUT2D eigenvalue weighted by atomic mass is 16.2. The molecule has 2 aliphatic rings. The van der Waals surface area contributed by atoms with Gasteiger partial charge in [0.05, 0.1) is 0 Å². The van der Waals surface area contributed by atoms with Crippen LogP contribution in [-0.4, -0.2) is 11.9 Å². The predicted octanol–water partition coefficient (Wildman–Crippen LogP) is 1.95. The minimum Gasteiger partial charge on any atom is -0.353 e. The lowest BCUT2D eigenvalue weighted by Gasteiger charge is -2.17. The molecule has 2 heteroatoms. The minimum atomic E-state index is 0.311. The molecule has 0 aromatic carbocycles. The molecule has 0 bridgehead atoms. The van der Waals surface area contributed by atoms with Crippen molar-refractivity contribution in [2.75, 3.05) is 0 Å². The molecular formula is C11H19NO. The van der Waals surface area contributed by atoms with Gasteiger partial charge in [0.15, 0.2) is 0 Å². The summed E-state index contributed by atoms with van der Waals surface area (Å²) < 4.78 is 0. The van der Waals surface area contributed by atoms with Gasteiger partial charge in [0.2, 0.25) is 5.91 Å². The van der Waals surface area contributed by atoms with Crippen molar-refractivity contribution in [2.45, 2.75) is 45.6 Å². The molecule has 0 radical (unpaired) electrons. The Bertz CT molecular complexity index is 214. The average molecular weight is 181 g/mol.